The second kappa shape index (κ2) is 10.3. The summed E-state index contributed by atoms with van der Waals surface area (Å²) in [6.07, 6.45) is 0.268. The molecule has 1 aliphatic heterocycles. The molecule has 4 rings (SSSR count). The number of nitrogens with one attached hydrogen (secondary N) is 1. The van der Waals surface area contributed by atoms with Crippen molar-refractivity contribution in [3.05, 3.63) is 66.9 Å². The lowest BCUT2D eigenvalue weighted by Crippen LogP contribution is -2.47. The SMILES string of the molecule is O=C(Nc1ccc(-c2ccnc(N(c3ccccc3)N3CCOCC3)n2)cc1)C(O)CO. The van der Waals surface area contributed by atoms with Crippen molar-refractivity contribution in [2.75, 3.05) is 43.2 Å². The first-order chi connectivity index (χ1) is 15.7. The molecule has 1 unspecified atom stereocenters. The molecule has 1 atom stereocenters. The summed E-state index contributed by atoms with van der Waals surface area (Å²) in [5.74, 6) is -0.104. The molecule has 9 heteroatoms. The molecule has 3 N–H and O–H groups in total. The van der Waals surface area contributed by atoms with Gasteiger partial charge in [0.2, 0.25) is 5.95 Å². The van der Waals surface area contributed by atoms with E-state index in [1.165, 1.54) is 0 Å². The molecule has 0 spiro atoms. The van der Waals surface area contributed by atoms with Gasteiger partial charge in [-0.1, -0.05) is 30.3 Å². The van der Waals surface area contributed by atoms with Gasteiger partial charge in [-0.2, -0.15) is 0 Å². The van der Waals surface area contributed by atoms with Crippen molar-refractivity contribution < 1.29 is 19.7 Å². The van der Waals surface area contributed by atoms with Crippen LogP contribution in [0.1, 0.15) is 0 Å². The Morgan fingerprint density at radius 1 is 1.09 bits per heavy atom. The van der Waals surface area contributed by atoms with Gasteiger partial charge in [-0.05, 0) is 30.3 Å². The van der Waals surface area contributed by atoms with E-state index < -0.39 is 18.6 Å². The molecule has 0 aliphatic carbocycles. The fourth-order valence-corrected chi connectivity index (χ4v) is 3.37. The second-order valence-electron chi connectivity index (χ2n) is 7.22. The summed E-state index contributed by atoms with van der Waals surface area (Å²) in [7, 11) is 0. The monoisotopic (exact) mass is 435 g/mol. The fraction of sp³-hybridized carbons (Fsp3) is 0.261. The van der Waals surface area contributed by atoms with E-state index in [1.54, 1.807) is 18.3 Å². The van der Waals surface area contributed by atoms with Gasteiger partial charge in [-0.3, -0.25) is 4.79 Å². The fourth-order valence-electron chi connectivity index (χ4n) is 3.37. The quantitative estimate of drug-likeness (QED) is 0.515. The average molecular weight is 435 g/mol. The number of anilines is 3. The lowest BCUT2D eigenvalue weighted by molar-refractivity contribution is -0.125. The van der Waals surface area contributed by atoms with E-state index in [0.717, 1.165) is 30.0 Å². The molecule has 1 amide bonds. The number of hydrogen-bond donors (Lipinski definition) is 3. The maximum Gasteiger partial charge on any atom is 0.255 e. The van der Waals surface area contributed by atoms with Gasteiger partial charge >= 0.3 is 0 Å². The van der Waals surface area contributed by atoms with Crippen LogP contribution in [0.2, 0.25) is 0 Å². The highest BCUT2D eigenvalue weighted by atomic mass is 16.5. The molecule has 32 heavy (non-hydrogen) atoms. The number of nitrogens with zero attached hydrogens (tertiary/aromatic N) is 4. The molecule has 0 bridgehead atoms. The molecule has 2 heterocycles. The van der Waals surface area contributed by atoms with Gasteiger partial charge < -0.3 is 20.3 Å². The maximum atomic E-state index is 11.7. The number of ether oxygens (including phenoxy) is 1. The van der Waals surface area contributed by atoms with Gasteiger partial charge in [0.15, 0.2) is 6.10 Å². The highest BCUT2D eigenvalue weighted by molar-refractivity contribution is 5.94. The molecular formula is C23H25N5O4. The smallest absolute Gasteiger partial charge is 0.255 e. The van der Waals surface area contributed by atoms with E-state index in [1.807, 2.05) is 53.5 Å². The molecular weight excluding hydrogens is 410 g/mol. The van der Waals surface area contributed by atoms with Gasteiger partial charge in [-0.25, -0.2) is 20.0 Å². The van der Waals surface area contributed by atoms with Gasteiger partial charge in [0.25, 0.3) is 5.91 Å². The molecule has 0 saturated carbocycles. The molecule has 0 radical (unpaired) electrons. The lowest BCUT2D eigenvalue weighted by Gasteiger charge is -2.37. The Labute approximate surface area is 185 Å². The molecule has 2 aromatic carbocycles. The van der Waals surface area contributed by atoms with Crippen LogP contribution in [-0.4, -0.2) is 70.1 Å². The third kappa shape index (κ3) is 5.09. The highest BCUT2D eigenvalue weighted by Crippen LogP contribution is 2.27. The summed E-state index contributed by atoms with van der Waals surface area (Å²) < 4.78 is 5.51. The summed E-state index contributed by atoms with van der Waals surface area (Å²) in [6.45, 7) is 2.12. The first kappa shape index (κ1) is 21.8. The molecule has 1 aromatic heterocycles. The number of hydrazine groups is 1. The summed E-state index contributed by atoms with van der Waals surface area (Å²) in [6, 6.07) is 18.9. The number of aromatic nitrogens is 2. The Balaban J connectivity index is 1.59. The Hall–Kier alpha value is -3.37. The normalized spacial score (nSPS) is 15.2. The number of carbonyl (C=O) groups excluding carboxylic acids is 1. The minimum atomic E-state index is -1.46. The van der Waals surface area contributed by atoms with Crippen molar-refractivity contribution in [3.63, 3.8) is 0 Å². The zero-order chi connectivity index (χ0) is 22.3. The third-order valence-electron chi connectivity index (χ3n) is 5.03. The number of rotatable bonds is 7. The standard InChI is InChI=1S/C23H25N5O4/c29-16-21(30)22(31)25-18-8-6-17(7-9-18)20-10-11-24-23(26-20)28(19-4-2-1-3-5-19)27-12-14-32-15-13-27/h1-11,21,29-30H,12-16H2,(H,25,31). The Morgan fingerprint density at radius 3 is 2.50 bits per heavy atom. The second-order valence-corrected chi connectivity index (χ2v) is 7.22. The lowest BCUT2D eigenvalue weighted by atomic mass is 10.1. The molecule has 3 aromatic rings. The zero-order valence-corrected chi connectivity index (χ0v) is 17.5. The van der Waals surface area contributed by atoms with Crippen molar-refractivity contribution in [3.8, 4) is 11.3 Å². The average Bonchev–Trinajstić information content (AvgIpc) is 2.85. The van der Waals surface area contributed by atoms with Crippen molar-refractivity contribution in [1.29, 1.82) is 0 Å². The van der Waals surface area contributed by atoms with Crippen molar-refractivity contribution in [1.82, 2.24) is 15.0 Å². The first-order valence-electron chi connectivity index (χ1n) is 10.4. The van der Waals surface area contributed by atoms with E-state index in [2.05, 4.69) is 15.3 Å². The van der Waals surface area contributed by atoms with Crippen molar-refractivity contribution >= 4 is 23.2 Å². The number of aliphatic hydroxyl groups is 2. The molecule has 166 valence electrons. The first-order valence-corrected chi connectivity index (χ1v) is 10.4. The van der Waals surface area contributed by atoms with Crippen LogP contribution in [0.4, 0.5) is 17.3 Å². The maximum absolute atomic E-state index is 11.7. The molecule has 1 aliphatic rings. The predicted molar refractivity (Wildman–Crippen MR) is 120 cm³/mol. The van der Waals surface area contributed by atoms with E-state index in [-0.39, 0.29) is 0 Å². The Kier molecular flexibility index (Phi) is 7.03. The van der Waals surface area contributed by atoms with Crippen LogP contribution in [0, 0.1) is 0 Å². The number of carbonyl (C=O) groups is 1. The zero-order valence-electron chi connectivity index (χ0n) is 17.5. The van der Waals surface area contributed by atoms with Gasteiger partial charge in [0.1, 0.15) is 0 Å². The minimum Gasteiger partial charge on any atom is -0.393 e. The van der Waals surface area contributed by atoms with Crippen molar-refractivity contribution in [2.24, 2.45) is 0 Å². The molecule has 1 fully saturated rings. The Morgan fingerprint density at radius 2 is 1.81 bits per heavy atom. The number of aliphatic hydroxyl groups excluding tert-OH is 2. The summed E-state index contributed by atoms with van der Waals surface area (Å²) >= 11 is 0. The minimum absolute atomic E-state index is 0.514. The summed E-state index contributed by atoms with van der Waals surface area (Å²) in [5.41, 5.74) is 3.06. The van der Waals surface area contributed by atoms with Crippen LogP contribution < -0.4 is 10.3 Å². The number of morpholine rings is 1. The van der Waals surface area contributed by atoms with Crippen LogP contribution in [-0.2, 0) is 9.53 Å². The summed E-state index contributed by atoms with van der Waals surface area (Å²) in [5, 5.41) is 25.0. The van der Waals surface area contributed by atoms with E-state index in [9.17, 15) is 9.90 Å². The number of hydrogen-bond acceptors (Lipinski definition) is 8. The van der Waals surface area contributed by atoms with E-state index in [4.69, 9.17) is 14.8 Å². The number of para-hydroxylation sites is 1. The Bertz CT molecular complexity index is 1030. The predicted octanol–water partition coefficient (Wildman–Crippen LogP) is 1.82. The summed E-state index contributed by atoms with van der Waals surface area (Å²) in [4.78, 5) is 21.1. The van der Waals surface area contributed by atoms with Crippen LogP contribution in [0.15, 0.2) is 66.9 Å². The van der Waals surface area contributed by atoms with Gasteiger partial charge in [-0.15, -0.1) is 0 Å². The van der Waals surface area contributed by atoms with Crippen molar-refractivity contribution in [2.45, 2.75) is 6.10 Å². The third-order valence-corrected chi connectivity index (χ3v) is 5.03. The van der Waals surface area contributed by atoms with Crippen LogP contribution >= 0.6 is 0 Å². The largest absolute Gasteiger partial charge is 0.393 e. The molecule has 9 nitrogen and oxygen atoms in total. The van der Waals surface area contributed by atoms with Crippen LogP contribution in [0.25, 0.3) is 11.3 Å². The van der Waals surface area contributed by atoms with Gasteiger partial charge in [0, 0.05) is 30.5 Å². The van der Waals surface area contributed by atoms with Crippen LogP contribution in [0.3, 0.4) is 0 Å². The topological polar surface area (TPSA) is 111 Å². The van der Waals surface area contributed by atoms with E-state index >= 15 is 0 Å². The highest BCUT2D eigenvalue weighted by Gasteiger charge is 2.23. The van der Waals surface area contributed by atoms with E-state index in [0.29, 0.717) is 24.8 Å². The molecule has 1 saturated heterocycles. The number of benzene rings is 2. The van der Waals surface area contributed by atoms with Crippen LogP contribution in [0.5, 0.6) is 0 Å². The number of amides is 1. The van der Waals surface area contributed by atoms with Gasteiger partial charge in [0.05, 0.1) is 31.2 Å².